The van der Waals surface area contributed by atoms with Gasteiger partial charge in [0, 0.05) is 0 Å². The van der Waals surface area contributed by atoms with Gasteiger partial charge in [0.05, 0.1) is 50.5 Å². The first kappa shape index (κ1) is 41.2. The summed E-state index contributed by atoms with van der Waals surface area (Å²) in [6, 6.07) is 70.4. The lowest BCUT2D eigenvalue weighted by Gasteiger charge is -2.34. The van der Waals surface area contributed by atoms with E-state index in [0.29, 0.717) is 39.6 Å². The summed E-state index contributed by atoms with van der Waals surface area (Å²) < 4.78 is 22.9. The zero-order chi connectivity index (χ0) is 43.4. The van der Waals surface area contributed by atoms with Crippen molar-refractivity contribution in [2.45, 2.75) is 10.8 Å². The fourth-order valence-corrected chi connectivity index (χ4v) is 10.2. The van der Waals surface area contributed by atoms with Crippen molar-refractivity contribution in [1.29, 1.82) is 0 Å². The average Bonchev–Trinajstić information content (AvgIpc) is 3.83. The Hall–Kier alpha value is -6.80. The molecule has 0 spiro atoms. The second-order valence-electron chi connectivity index (χ2n) is 16.3. The lowest BCUT2D eigenvalue weighted by atomic mass is 9.67. The molecule has 0 fully saturated rings. The maximum absolute atomic E-state index is 9.06. The predicted molar refractivity (Wildman–Crippen MR) is 253 cm³/mol. The average molecular weight is 843 g/mol. The van der Waals surface area contributed by atoms with E-state index in [0.717, 1.165) is 22.6 Å². The molecular weight excluding hydrogens is 793 g/mol. The minimum Gasteiger partial charge on any atom is -0.491 e. The number of benzene rings is 8. The van der Waals surface area contributed by atoms with E-state index >= 15 is 0 Å². The Morgan fingerprint density at radius 1 is 0.297 bits per heavy atom. The fraction of sp³-hybridized carbons (Fsp3) is 0.172. The first-order chi connectivity index (χ1) is 31.7. The highest BCUT2D eigenvalue weighted by molar-refractivity contribution is 5.88. The number of hydrogen-bond donors (Lipinski definition) is 2. The summed E-state index contributed by atoms with van der Waals surface area (Å²) in [6.07, 6.45) is 0. The molecular formula is C58H50O6. The summed E-state index contributed by atoms with van der Waals surface area (Å²) in [6.45, 7) is 2.25. The van der Waals surface area contributed by atoms with Crippen LogP contribution in [0, 0.1) is 0 Å². The molecule has 318 valence electrons. The SMILES string of the molecule is OCCOCCOc1ccc(C2(c3ccc(-c4ccc(C5(c6ccc(OCCOCCO)cc6)c6ccccc6-c6ccccc65)cc4)cc3)c3ccccc3-c3ccccc32)cc1. The van der Waals surface area contributed by atoms with Crippen LogP contribution >= 0.6 is 0 Å². The number of rotatable bonds is 17. The molecule has 0 saturated heterocycles. The molecule has 0 radical (unpaired) electrons. The Labute approximate surface area is 375 Å². The van der Waals surface area contributed by atoms with Crippen molar-refractivity contribution in [3.05, 3.63) is 239 Å². The second-order valence-corrected chi connectivity index (χ2v) is 16.3. The highest BCUT2D eigenvalue weighted by atomic mass is 16.5. The molecule has 0 amide bonds. The van der Waals surface area contributed by atoms with Gasteiger partial charge < -0.3 is 29.2 Å². The zero-order valence-corrected chi connectivity index (χ0v) is 35.7. The quantitative estimate of drug-likeness (QED) is 0.0890. The Kier molecular flexibility index (Phi) is 11.7. The summed E-state index contributed by atoms with van der Waals surface area (Å²) in [5.74, 6) is 1.55. The molecule has 8 aromatic carbocycles. The molecule has 8 aromatic rings. The summed E-state index contributed by atoms with van der Waals surface area (Å²) in [5, 5.41) is 18.1. The van der Waals surface area contributed by atoms with Crippen LogP contribution in [0.5, 0.6) is 11.5 Å². The van der Waals surface area contributed by atoms with Crippen LogP contribution in [0.1, 0.15) is 44.5 Å². The van der Waals surface area contributed by atoms with E-state index in [9.17, 15) is 0 Å². The minimum atomic E-state index is -0.539. The first-order valence-corrected chi connectivity index (χ1v) is 22.1. The van der Waals surface area contributed by atoms with E-state index < -0.39 is 10.8 Å². The second kappa shape index (κ2) is 18.1. The van der Waals surface area contributed by atoms with E-state index in [1.807, 2.05) is 0 Å². The maximum atomic E-state index is 9.06. The molecule has 0 aliphatic heterocycles. The van der Waals surface area contributed by atoms with Gasteiger partial charge >= 0.3 is 0 Å². The molecule has 6 nitrogen and oxygen atoms in total. The standard InChI is InChI=1S/C58H50O6/c59-33-35-61-37-39-63-47-29-25-45(26-30-47)57(53-13-5-1-9-49(53)50-10-2-6-14-54(50)57)43-21-17-41(18-22-43)42-19-23-44(24-20-42)58(46-27-31-48(32-28-46)64-40-38-62-36-34-60)55-15-7-3-11-51(55)52-12-4-8-16-56(52)58/h1-32,59-60H,33-40H2. The highest BCUT2D eigenvalue weighted by Gasteiger charge is 2.47. The van der Waals surface area contributed by atoms with Gasteiger partial charge in [-0.3, -0.25) is 0 Å². The van der Waals surface area contributed by atoms with Gasteiger partial charge in [-0.05, 0) is 102 Å². The molecule has 2 N–H and O–H groups in total. The van der Waals surface area contributed by atoms with Crippen LogP contribution in [0.2, 0.25) is 0 Å². The van der Waals surface area contributed by atoms with Crippen molar-refractivity contribution in [3.63, 3.8) is 0 Å². The smallest absolute Gasteiger partial charge is 0.119 e. The van der Waals surface area contributed by atoms with Crippen LogP contribution in [0.15, 0.2) is 194 Å². The van der Waals surface area contributed by atoms with Crippen LogP contribution < -0.4 is 9.47 Å². The van der Waals surface area contributed by atoms with Crippen LogP contribution in [-0.2, 0) is 20.3 Å². The van der Waals surface area contributed by atoms with Gasteiger partial charge in [0.2, 0.25) is 0 Å². The van der Waals surface area contributed by atoms with Crippen molar-refractivity contribution in [2.75, 3.05) is 52.9 Å². The van der Waals surface area contributed by atoms with Crippen LogP contribution in [0.3, 0.4) is 0 Å². The predicted octanol–water partition coefficient (Wildman–Crippen LogP) is 10.9. The van der Waals surface area contributed by atoms with Gasteiger partial charge in [0.1, 0.15) is 24.7 Å². The van der Waals surface area contributed by atoms with Gasteiger partial charge in [-0.1, -0.05) is 170 Å². The van der Waals surface area contributed by atoms with Gasteiger partial charge in [0.15, 0.2) is 0 Å². The van der Waals surface area contributed by atoms with Gasteiger partial charge in [-0.15, -0.1) is 0 Å². The fourth-order valence-electron chi connectivity index (χ4n) is 10.2. The molecule has 0 atom stereocenters. The third-order valence-corrected chi connectivity index (χ3v) is 12.9. The number of ether oxygens (including phenoxy) is 4. The Morgan fingerprint density at radius 2 is 0.578 bits per heavy atom. The van der Waals surface area contributed by atoms with Crippen LogP contribution in [-0.4, -0.2) is 63.1 Å². The number of aliphatic hydroxyl groups excluding tert-OH is 2. The van der Waals surface area contributed by atoms with E-state index in [-0.39, 0.29) is 13.2 Å². The van der Waals surface area contributed by atoms with E-state index in [4.69, 9.17) is 29.2 Å². The van der Waals surface area contributed by atoms with Crippen molar-refractivity contribution in [1.82, 2.24) is 0 Å². The third-order valence-electron chi connectivity index (χ3n) is 12.9. The molecule has 10 rings (SSSR count). The molecule has 0 unspecified atom stereocenters. The number of fused-ring (bicyclic) bond motifs is 6. The Bertz CT molecular complexity index is 2560. The van der Waals surface area contributed by atoms with Gasteiger partial charge in [0.25, 0.3) is 0 Å². The molecule has 2 aliphatic rings. The maximum Gasteiger partial charge on any atom is 0.119 e. The molecule has 0 bridgehead atoms. The highest BCUT2D eigenvalue weighted by Crippen LogP contribution is 2.58. The third kappa shape index (κ3) is 7.09. The topological polar surface area (TPSA) is 77.4 Å². The summed E-state index contributed by atoms with van der Waals surface area (Å²) in [5.41, 5.74) is 15.9. The van der Waals surface area contributed by atoms with E-state index in [1.54, 1.807) is 0 Å². The lowest BCUT2D eigenvalue weighted by Crippen LogP contribution is -2.28. The van der Waals surface area contributed by atoms with Crippen LogP contribution in [0.25, 0.3) is 33.4 Å². The lowest BCUT2D eigenvalue weighted by molar-refractivity contribution is 0.0705. The number of aliphatic hydroxyl groups is 2. The Morgan fingerprint density at radius 3 is 0.875 bits per heavy atom. The largest absolute Gasteiger partial charge is 0.491 e. The van der Waals surface area contributed by atoms with Crippen molar-refractivity contribution in [2.24, 2.45) is 0 Å². The first-order valence-electron chi connectivity index (χ1n) is 22.1. The Balaban J connectivity index is 1.01. The summed E-state index contributed by atoms with van der Waals surface area (Å²) >= 11 is 0. The minimum absolute atomic E-state index is 0.00264. The van der Waals surface area contributed by atoms with E-state index in [2.05, 4.69) is 194 Å². The molecule has 64 heavy (non-hydrogen) atoms. The van der Waals surface area contributed by atoms with Crippen molar-refractivity contribution in [3.8, 4) is 44.9 Å². The normalized spacial score (nSPS) is 13.7. The summed E-state index contributed by atoms with van der Waals surface area (Å²) in [7, 11) is 0. The van der Waals surface area contributed by atoms with Crippen molar-refractivity contribution >= 4 is 0 Å². The van der Waals surface area contributed by atoms with Crippen molar-refractivity contribution < 1.29 is 29.2 Å². The monoisotopic (exact) mass is 842 g/mol. The zero-order valence-electron chi connectivity index (χ0n) is 35.7. The number of hydrogen-bond acceptors (Lipinski definition) is 6. The van der Waals surface area contributed by atoms with Crippen LogP contribution in [0.4, 0.5) is 0 Å². The molecule has 0 aromatic heterocycles. The molecule has 2 aliphatic carbocycles. The molecule has 6 heteroatoms. The molecule has 0 saturated carbocycles. The van der Waals surface area contributed by atoms with Gasteiger partial charge in [-0.2, -0.15) is 0 Å². The van der Waals surface area contributed by atoms with Gasteiger partial charge in [-0.25, -0.2) is 0 Å². The summed E-state index contributed by atoms with van der Waals surface area (Å²) in [4.78, 5) is 0. The van der Waals surface area contributed by atoms with E-state index in [1.165, 1.54) is 66.8 Å². The molecule has 0 heterocycles.